The van der Waals surface area contributed by atoms with Crippen molar-refractivity contribution in [3.8, 4) is 0 Å². The summed E-state index contributed by atoms with van der Waals surface area (Å²) in [6, 6.07) is 0. The highest BCUT2D eigenvalue weighted by atomic mass is 16.3. The van der Waals surface area contributed by atoms with Crippen LogP contribution >= 0.6 is 0 Å². The zero-order valence-corrected chi connectivity index (χ0v) is 7.40. The largest absolute Gasteiger partial charge is 0.386 e. The van der Waals surface area contributed by atoms with Crippen LogP contribution in [0.15, 0.2) is 17.2 Å². The summed E-state index contributed by atoms with van der Waals surface area (Å²) in [5.41, 5.74) is -0.633. The van der Waals surface area contributed by atoms with Gasteiger partial charge in [0.05, 0.1) is 5.60 Å². The van der Waals surface area contributed by atoms with Gasteiger partial charge in [-0.15, -0.1) is 0 Å². The molecule has 0 aromatic carbocycles. The van der Waals surface area contributed by atoms with Crippen LogP contribution in [0.1, 0.15) is 19.4 Å². The fraction of sp³-hybridized carbons (Fsp3) is 0.500. The van der Waals surface area contributed by atoms with Crippen molar-refractivity contribution in [3.63, 3.8) is 0 Å². The molecular formula is C8H12N2O2. The maximum Gasteiger partial charge on any atom is 0.347 e. The monoisotopic (exact) mass is 168 g/mol. The molecule has 0 saturated heterocycles. The minimum atomic E-state index is -0.946. The Bertz CT molecular complexity index is 336. The number of aromatic nitrogens is 2. The quantitative estimate of drug-likeness (QED) is 0.642. The molecule has 1 aromatic heterocycles. The van der Waals surface area contributed by atoms with Crippen LogP contribution in [-0.2, 0) is 12.6 Å². The van der Waals surface area contributed by atoms with Crippen molar-refractivity contribution in [3.05, 3.63) is 28.4 Å². The van der Waals surface area contributed by atoms with Gasteiger partial charge in [0.1, 0.15) is 0 Å². The lowest BCUT2D eigenvalue weighted by molar-refractivity contribution is 0.0773. The molecule has 0 spiro atoms. The lowest BCUT2D eigenvalue weighted by atomic mass is 10.0. The van der Waals surface area contributed by atoms with Gasteiger partial charge in [-0.2, -0.15) is 0 Å². The first kappa shape index (κ1) is 8.93. The topological polar surface area (TPSA) is 55.1 Å². The predicted octanol–water partition coefficient (Wildman–Crippen LogP) is 0.00770. The summed E-state index contributed by atoms with van der Waals surface area (Å²) in [6.07, 6.45) is 2.97. The van der Waals surface area contributed by atoms with Crippen molar-refractivity contribution >= 4 is 0 Å². The van der Waals surface area contributed by atoms with Gasteiger partial charge in [-0.05, 0) is 13.8 Å². The molecule has 0 atom stereocenters. The standard InChI is InChI=1S/C8H12N2O2/c1-8(2,12)6-4-9-7(11)10(3)5-6/h4-5,12H,1-3H3. The van der Waals surface area contributed by atoms with Gasteiger partial charge in [0.25, 0.3) is 0 Å². The lowest BCUT2D eigenvalue weighted by Crippen LogP contribution is -2.24. The van der Waals surface area contributed by atoms with E-state index in [0.29, 0.717) is 5.56 Å². The van der Waals surface area contributed by atoms with Crippen LogP contribution in [0.4, 0.5) is 0 Å². The van der Waals surface area contributed by atoms with Gasteiger partial charge in [0, 0.05) is 25.0 Å². The van der Waals surface area contributed by atoms with Gasteiger partial charge < -0.3 is 9.67 Å². The molecule has 0 radical (unpaired) electrons. The van der Waals surface area contributed by atoms with Crippen LogP contribution in [0.25, 0.3) is 0 Å². The Kier molecular flexibility index (Phi) is 2.02. The zero-order valence-electron chi connectivity index (χ0n) is 7.40. The second-order valence-electron chi connectivity index (χ2n) is 3.30. The third-order valence-corrected chi connectivity index (χ3v) is 1.65. The molecule has 0 amide bonds. The van der Waals surface area contributed by atoms with Crippen LogP contribution in [0.3, 0.4) is 0 Å². The molecule has 1 aromatic rings. The van der Waals surface area contributed by atoms with E-state index in [1.54, 1.807) is 27.1 Å². The Morgan fingerprint density at radius 1 is 1.58 bits per heavy atom. The van der Waals surface area contributed by atoms with E-state index in [0.717, 1.165) is 0 Å². The van der Waals surface area contributed by atoms with Crippen molar-refractivity contribution < 1.29 is 5.11 Å². The van der Waals surface area contributed by atoms with E-state index in [-0.39, 0.29) is 5.69 Å². The maximum atomic E-state index is 10.9. The summed E-state index contributed by atoms with van der Waals surface area (Å²) >= 11 is 0. The fourth-order valence-corrected chi connectivity index (χ4v) is 0.829. The van der Waals surface area contributed by atoms with Gasteiger partial charge in [0.2, 0.25) is 0 Å². The number of nitrogens with zero attached hydrogens (tertiary/aromatic N) is 2. The maximum absolute atomic E-state index is 10.9. The van der Waals surface area contributed by atoms with Crippen LogP contribution in [0.5, 0.6) is 0 Å². The van der Waals surface area contributed by atoms with E-state index in [1.165, 1.54) is 10.8 Å². The molecule has 0 saturated carbocycles. The minimum Gasteiger partial charge on any atom is -0.386 e. The van der Waals surface area contributed by atoms with Crippen LogP contribution in [0.2, 0.25) is 0 Å². The molecule has 0 fully saturated rings. The Morgan fingerprint density at radius 3 is 2.58 bits per heavy atom. The SMILES string of the molecule is Cn1cc(C(C)(C)O)cnc1=O. The molecule has 0 unspecified atom stereocenters. The molecule has 1 rings (SSSR count). The average Bonchev–Trinajstić information content (AvgIpc) is 1.92. The van der Waals surface area contributed by atoms with E-state index in [4.69, 9.17) is 0 Å². The van der Waals surface area contributed by atoms with Gasteiger partial charge in [-0.1, -0.05) is 0 Å². The van der Waals surface area contributed by atoms with Crippen LogP contribution < -0.4 is 5.69 Å². The highest BCUT2D eigenvalue weighted by Crippen LogP contribution is 2.16. The molecule has 0 bridgehead atoms. The van der Waals surface area contributed by atoms with Gasteiger partial charge in [-0.25, -0.2) is 9.78 Å². The van der Waals surface area contributed by atoms with E-state index in [9.17, 15) is 9.90 Å². The van der Waals surface area contributed by atoms with Crippen LogP contribution in [-0.4, -0.2) is 14.7 Å². The number of aryl methyl sites for hydroxylation is 1. The van der Waals surface area contributed by atoms with E-state index < -0.39 is 5.60 Å². The number of aliphatic hydroxyl groups is 1. The Hall–Kier alpha value is -1.16. The molecule has 0 aliphatic rings. The molecule has 1 heterocycles. The van der Waals surface area contributed by atoms with Crippen molar-refractivity contribution in [1.82, 2.24) is 9.55 Å². The second-order valence-corrected chi connectivity index (χ2v) is 3.30. The van der Waals surface area contributed by atoms with Gasteiger partial charge in [0.15, 0.2) is 0 Å². The molecule has 4 nitrogen and oxygen atoms in total. The first-order valence-corrected chi connectivity index (χ1v) is 3.67. The summed E-state index contributed by atoms with van der Waals surface area (Å²) in [4.78, 5) is 14.5. The van der Waals surface area contributed by atoms with Crippen LogP contribution in [0, 0.1) is 0 Å². The van der Waals surface area contributed by atoms with Gasteiger partial charge in [-0.3, -0.25) is 0 Å². The smallest absolute Gasteiger partial charge is 0.347 e. The Labute approximate surface area is 70.5 Å². The molecule has 66 valence electrons. The van der Waals surface area contributed by atoms with Crippen molar-refractivity contribution in [2.75, 3.05) is 0 Å². The summed E-state index contributed by atoms with van der Waals surface area (Å²) in [5.74, 6) is 0. The number of hydrogen-bond acceptors (Lipinski definition) is 3. The number of rotatable bonds is 1. The molecule has 1 N–H and O–H groups in total. The highest BCUT2D eigenvalue weighted by Gasteiger charge is 2.16. The predicted molar refractivity (Wildman–Crippen MR) is 44.7 cm³/mol. The third kappa shape index (κ3) is 1.71. The highest BCUT2D eigenvalue weighted by molar-refractivity contribution is 5.11. The zero-order chi connectivity index (χ0) is 9.35. The van der Waals surface area contributed by atoms with Crippen molar-refractivity contribution in [1.29, 1.82) is 0 Å². The summed E-state index contributed by atoms with van der Waals surface area (Å²) < 4.78 is 1.34. The normalized spacial score (nSPS) is 11.7. The van der Waals surface area contributed by atoms with Gasteiger partial charge >= 0.3 is 5.69 Å². The van der Waals surface area contributed by atoms with E-state index >= 15 is 0 Å². The molecular weight excluding hydrogens is 156 g/mol. The minimum absolute atomic E-state index is 0.317. The lowest BCUT2D eigenvalue weighted by Gasteiger charge is -2.17. The fourth-order valence-electron chi connectivity index (χ4n) is 0.829. The number of hydrogen-bond donors (Lipinski definition) is 1. The summed E-state index contributed by atoms with van der Waals surface area (Å²) in [5, 5.41) is 9.55. The molecule has 0 aliphatic carbocycles. The molecule has 0 aliphatic heterocycles. The summed E-state index contributed by atoms with van der Waals surface area (Å²) in [6.45, 7) is 3.29. The first-order chi connectivity index (χ1) is 5.41. The average molecular weight is 168 g/mol. The van der Waals surface area contributed by atoms with E-state index in [1.807, 2.05) is 0 Å². The summed E-state index contributed by atoms with van der Waals surface area (Å²) in [7, 11) is 1.60. The third-order valence-electron chi connectivity index (χ3n) is 1.65. The Balaban J connectivity index is 3.23. The first-order valence-electron chi connectivity index (χ1n) is 3.67. The Morgan fingerprint density at radius 2 is 2.17 bits per heavy atom. The molecule has 4 heteroatoms. The second kappa shape index (κ2) is 2.71. The molecule has 12 heavy (non-hydrogen) atoms. The van der Waals surface area contributed by atoms with Crippen molar-refractivity contribution in [2.45, 2.75) is 19.4 Å². The van der Waals surface area contributed by atoms with Crippen molar-refractivity contribution in [2.24, 2.45) is 7.05 Å². The van der Waals surface area contributed by atoms with E-state index in [2.05, 4.69) is 4.98 Å².